The zero-order valence-electron chi connectivity index (χ0n) is 16.2. The van der Waals surface area contributed by atoms with Crippen LogP contribution in [0.2, 0.25) is 0 Å². The molecule has 6 heteroatoms. The molecule has 0 atom stereocenters. The van der Waals surface area contributed by atoms with Crippen LogP contribution in [0.4, 0.5) is 0 Å². The number of fused-ring (bicyclic) bond motifs is 5. The number of benzene rings is 3. The van der Waals surface area contributed by atoms with E-state index < -0.39 is 18.3 Å². The Hall–Kier alpha value is -3.48. The molecule has 146 valence electrons. The van der Waals surface area contributed by atoms with Crippen molar-refractivity contribution in [3.8, 4) is 0 Å². The zero-order chi connectivity index (χ0) is 20.9. The van der Waals surface area contributed by atoms with Gasteiger partial charge in [-0.2, -0.15) is 0 Å². The summed E-state index contributed by atoms with van der Waals surface area (Å²) in [6.45, 7) is 7.66. The van der Waals surface area contributed by atoms with Gasteiger partial charge in [0.15, 0.2) is 5.60 Å². The Morgan fingerprint density at radius 3 is 2.20 bits per heavy atom. The van der Waals surface area contributed by atoms with Crippen molar-refractivity contribution in [1.29, 1.82) is 10.8 Å². The van der Waals surface area contributed by atoms with E-state index in [0.717, 1.165) is 39.6 Å². The topological polar surface area (TPSA) is 79.3 Å². The molecule has 5 nitrogen and oxygen atoms in total. The van der Waals surface area contributed by atoms with Gasteiger partial charge < -0.3 is 24.5 Å². The molecule has 1 aliphatic rings. The SMILES string of the molecule is C=CC1(C=C)OB(c2cccc3c2oc2ccc4ccccc4c23)OC1(C=N)C=N. The van der Waals surface area contributed by atoms with Crippen molar-refractivity contribution in [2.45, 2.75) is 11.2 Å². The van der Waals surface area contributed by atoms with Crippen LogP contribution in [-0.4, -0.2) is 30.7 Å². The van der Waals surface area contributed by atoms with Crippen LogP contribution in [0.1, 0.15) is 0 Å². The van der Waals surface area contributed by atoms with E-state index in [2.05, 4.69) is 25.3 Å². The molecule has 1 aromatic heterocycles. The Morgan fingerprint density at radius 1 is 0.800 bits per heavy atom. The molecule has 0 radical (unpaired) electrons. The van der Waals surface area contributed by atoms with Crippen LogP contribution in [0.3, 0.4) is 0 Å². The second-order valence-electron chi connectivity index (χ2n) is 7.34. The smallest absolute Gasteiger partial charge is 0.456 e. The monoisotopic (exact) mass is 394 g/mol. The summed E-state index contributed by atoms with van der Waals surface area (Å²) in [5.74, 6) is 0. The van der Waals surface area contributed by atoms with Gasteiger partial charge in [-0.1, -0.05) is 73.8 Å². The van der Waals surface area contributed by atoms with Crippen molar-refractivity contribution in [3.05, 3.63) is 79.9 Å². The largest absolute Gasteiger partial charge is 0.499 e. The molecule has 0 spiro atoms. The highest BCUT2D eigenvalue weighted by atomic mass is 16.7. The summed E-state index contributed by atoms with van der Waals surface area (Å²) in [5, 5.41) is 20.0. The van der Waals surface area contributed by atoms with Gasteiger partial charge in [0.05, 0.1) is 0 Å². The van der Waals surface area contributed by atoms with Crippen LogP contribution >= 0.6 is 0 Å². The van der Waals surface area contributed by atoms with E-state index in [9.17, 15) is 0 Å². The number of furan rings is 1. The van der Waals surface area contributed by atoms with Crippen molar-refractivity contribution in [2.75, 3.05) is 0 Å². The minimum atomic E-state index is -1.43. The summed E-state index contributed by atoms with van der Waals surface area (Å²) in [7, 11) is -0.861. The lowest BCUT2D eigenvalue weighted by Gasteiger charge is -2.33. The minimum Gasteiger partial charge on any atom is -0.456 e. The average molecular weight is 394 g/mol. The lowest BCUT2D eigenvalue weighted by molar-refractivity contribution is 0.140. The number of hydrogen-bond acceptors (Lipinski definition) is 5. The number of nitrogens with one attached hydrogen (secondary N) is 2. The molecule has 2 N–H and O–H groups in total. The molecule has 1 aliphatic heterocycles. The van der Waals surface area contributed by atoms with Gasteiger partial charge in [0.2, 0.25) is 0 Å². The fourth-order valence-corrected chi connectivity index (χ4v) is 4.30. The van der Waals surface area contributed by atoms with E-state index in [-0.39, 0.29) is 0 Å². The molecule has 1 fully saturated rings. The first kappa shape index (κ1) is 18.5. The van der Waals surface area contributed by atoms with E-state index in [4.69, 9.17) is 24.5 Å². The van der Waals surface area contributed by atoms with Crippen LogP contribution in [0.25, 0.3) is 32.7 Å². The summed E-state index contributed by atoms with van der Waals surface area (Å²) in [6, 6.07) is 18.0. The maximum absolute atomic E-state index is 7.90. The lowest BCUT2D eigenvalue weighted by Crippen LogP contribution is -2.51. The quantitative estimate of drug-likeness (QED) is 0.294. The fourth-order valence-electron chi connectivity index (χ4n) is 4.30. The molecule has 1 saturated heterocycles. The molecule has 0 saturated carbocycles. The van der Waals surface area contributed by atoms with E-state index in [1.54, 1.807) is 0 Å². The summed E-state index contributed by atoms with van der Waals surface area (Å²) in [5.41, 5.74) is -0.546. The van der Waals surface area contributed by atoms with Crippen LogP contribution in [0.5, 0.6) is 0 Å². The molecule has 5 rings (SSSR count). The zero-order valence-corrected chi connectivity index (χ0v) is 16.2. The minimum absolute atomic E-state index is 0.654. The Labute approximate surface area is 173 Å². The van der Waals surface area contributed by atoms with Gasteiger partial charge in [-0.25, -0.2) is 0 Å². The normalized spacial score (nSPS) is 20.6. The predicted octanol–water partition coefficient (Wildman–Crippen LogP) is 4.63. The first-order chi connectivity index (χ1) is 14.6. The predicted molar refractivity (Wildman–Crippen MR) is 122 cm³/mol. The highest BCUT2D eigenvalue weighted by Crippen LogP contribution is 2.39. The number of rotatable bonds is 5. The average Bonchev–Trinajstić information content (AvgIpc) is 3.35. The molecule has 4 aromatic rings. The van der Waals surface area contributed by atoms with Gasteiger partial charge in [-0.15, -0.1) is 0 Å². The Kier molecular flexibility index (Phi) is 4.03. The maximum atomic E-state index is 7.90. The van der Waals surface area contributed by atoms with E-state index in [0.29, 0.717) is 11.0 Å². The molecule has 0 aliphatic carbocycles. The van der Waals surface area contributed by atoms with Crippen LogP contribution in [-0.2, 0) is 9.31 Å². The molecule has 3 aromatic carbocycles. The first-order valence-electron chi connectivity index (χ1n) is 9.61. The summed E-state index contributed by atoms with van der Waals surface area (Å²) >= 11 is 0. The van der Waals surface area contributed by atoms with E-state index in [1.165, 1.54) is 12.2 Å². The summed E-state index contributed by atoms with van der Waals surface area (Å²) in [4.78, 5) is 0. The van der Waals surface area contributed by atoms with Crippen molar-refractivity contribution in [2.24, 2.45) is 0 Å². The molecule has 2 heterocycles. The molecular formula is C24H19BN2O3. The molecular weight excluding hydrogens is 375 g/mol. The molecule has 0 amide bonds. The highest BCUT2D eigenvalue weighted by Gasteiger charge is 2.58. The number of para-hydroxylation sites is 1. The van der Waals surface area contributed by atoms with Gasteiger partial charge >= 0.3 is 7.12 Å². The second-order valence-corrected chi connectivity index (χ2v) is 7.34. The van der Waals surface area contributed by atoms with E-state index >= 15 is 0 Å². The fraction of sp³-hybridized carbons (Fsp3) is 0.0833. The second kappa shape index (κ2) is 6.52. The van der Waals surface area contributed by atoms with Crippen LogP contribution < -0.4 is 5.46 Å². The standard InChI is InChI=1S/C24H19BN2O3/c1-3-23(4-2)24(14-26,15-27)30-25(29-23)19-11-7-10-18-21-17-9-6-5-8-16(17)12-13-20(21)28-22(18)19/h3-15,26-27H,1-2H2. The first-order valence-corrected chi connectivity index (χ1v) is 9.61. The molecule has 0 bridgehead atoms. The van der Waals surface area contributed by atoms with Gasteiger partial charge in [0.25, 0.3) is 0 Å². The van der Waals surface area contributed by atoms with Crippen molar-refractivity contribution >= 4 is 57.7 Å². The van der Waals surface area contributed by atoms with Crippen molar-refractivity contribution in [1.82, 2.24) is 0 Å². The van der Waals surface area contributed by atoms with Crippen molar-refractivity contribution < 1.29 is 13.7 Å². The Bertz CT molecular complexity index is 1310. The highest BCUT2D eigenvalue weighted by molar-refractivity contribution is 6.65. The van der Waals surface area contributed by atoms with Crippen molar-refractivity contribution in [3.63, 3.8) is 0 Å². The maximum Gasteiger partial charge on any atom is 0.499 e. The van der Waals surface area contributed by atoms with Crippen LogP contribution in [0, 0.1) is 10.8 Å². The number of hydrogen-bond donors (Lipinski definition) is 2. The van der Waals surface area contributed by atoms with Gasteiger partial charge in [0.1, 0.15) is 16.8 Å². The third kappa shape index (κ3) is 2.26. The molecule has 0 unspecified atom stereocenters. The summed E-state index contributed by atoms with van der Waals surface area (Å²) < 4.78 is 18.6. The lowest BCUT2D eigenvalue weighted by atomic mass is 9.78. The Balaban J connectivity index is 1.75. The Morgan fingerprint density at radius 2 is 1.50 bits per heavy atom. The third-order valence-electron chi connectivity index (χ3n) is 5.92. The van der Waals surface area contributed by atoms with Gasteiger partial charge in [0, 0.05) is 28.7 Å². The van der Waals surface area contributed by atoms with E-state index in [1.807, 2.05) is 42.5 Å². The van der Waals surface area contributed by atoms with Gasteiger partial charge in [-0.3, -0.25) is 0 Å². The third-order valence-corrected chi connectivity index (χ3v) is 5.92. The van der Waals surface area contributed by atoms with Crippen LogP contribution in [0.15, 0.2) is 84.3 Å². The molecule has 30 heavy (non-hydrogen) atoms. The summed E-state index contributed by atoms with van der Waals surface area (Å²) in [6.07, 6.45) is 5.13. The van der Waals surface area contributed by atoms with Gasteiger partial charge in [-0.05, 0) is 16.8 Å².